The molecule has 23 heavy (non-hydrogen) atoms. The van der Waals surface area contributed by atoms with Crippen molar-refractivity contribution in [3.63, 3.8) is 0 Å². The molecule has 1 N–H and O–H groups in total. The van der Waals surface area contributed by atoms with Crippen LogP contribution < -0.4 is 10.2 Å². The lowest BCUT2D eigenvalue weighted by molar-refractivity contribution is -0.118. The average Bonchev–Trinajstić information content (AvgIpc) is 2.94. The number of nitrogens with one attached hydrogen (secondary N) is 1. The smallest absolute Gasteiger partial charge is 0.274 e. The normalized spacial score (nSPS) is 21.0. The van der Waals surface area contributed by atoms with Gasteiger partial charge in [0.15, 0.2) is 5.69 Å². The summed E-state index contributed by atoms with van der Waals surface area (Å²) in [6.45, 7) is 0.557. The van der Waals surface area contributed by atoms with Crippen LogP contribution in [0.5, 0.6) is 0 Å². The highest BCUT2D eigenvalue weighted by Crippen LogP contribution is 2.40. The fourth-order valence-electron chi connectivity index (χ4n) is 2.81. The van der Waals surface area contributed by atoms with Crippen molar-refractivity contribution in [2.24, 2.45) is 7.05 Å². The van der Waals surface area contributed by atoms with Crippen LogP contribution in [-0.4, -0.2) is 39.3 Å². The van der Waals surface area contributed by atoms with Gasteiger partial charge in [-0.15, -0.1) is 0 Å². The lowest BCUT2D eigenvalue weighted by Gasteiger charge is -2.14. The molecule has 2 aliphatic rings. The summed E-state index contributed by atoms with van der Waals surface area (Å²) in [5.74, 6) is 0.660. The highest BCUT2D eigenvalue weighted by atomic mass is 16.5. The van der Waals surface area contributed by atoms with Crippen LogP contribution in [0, 0.1) is 0 Å². The maximum Gasteiger partial charge on any atom is 0.274 e. The Balaban J connectivity index is 1.42. The summed E-state index contributed by atoms with van der Waals surface area (Å²) in [6, 6.07) is 1.13. The Labute approximate surface area is 132 Å². The Bertz CT molecular complexity index is 761. The number of aryl methyl sites for hydroxylation is 1. The molecule has 2 fully saturated rings. The second-order valence-corrected chi connectivity index (χ2v) is 6.07. The zero-order valence-corrected chi connectivity index (χ0v) is 12.7. The number of carbonyl (C=O) groups excluding carboxylic acids is 2. The molecule has 1 saturated heterocycles. The predicted molar refractivity (Wildman–Crippen MR) is 79.9 cm³/mol. The molecule has 0 bridgehead atoms. The van der Waals surface area contributed by atoms with Crippen LogP contribution in [0.25, 0.3) is 0 Å². The zero-order chi connectivity index (χ0) is 16.0. The summed E-state index contributed by atoms with van der Waals surface area (Å²) < 4.78 is 6.82. The highest BCUT2D eigenvalue weighted by Gasteiger charge is 2.35. The molecule has 1 saturated carbocycles. The van der Waals surface area contributed by atoms with Gasteiger partial charge >= 0.3 is 0 Å². The van der Waals surface area contributed by atoms with Gasteiger partial charge in [0.1, 0.15) is 11.8 Å². The van der Waals surface area contributed by atoms with E-state index in [1.807, 2.05) is 0 Å². The number of nitrogens with zero attached hydrogens (tertiary/aromatic N) is 4. The van der Waals surface area contributed by atoms with Crippen molar-refractivity contribution >= 4 is 17.5 Å². The van der Waals surface area contributed by atoms with Crippen LogP contribution >= 0.6 is 0 Å². The van der Waals surface area contributed by atoms with Crippen molar-refractivity contribution in [1.82, 2.24) is 20.3 Å². The summed E-state index contributed by atoms with van der Waals surface area (Å²) >= 11 is 0. The van der Waals surface area contributed by atoms with Crippen molar-refractivity contribution in [2.75, 3.05) is 11.4 Å². The maximum absolute atomic E-state index is 12.4. The summed E-state index contributed by atoms with van der Waals surface area (Å²) in [4.78, 5) is 26.3. The molecule has 8 nitrogen and oxygen atoms in total. The van der Waals surface area contributed by atoms with Gasteiger partial charge in [-0.25, -0.2) is 0 Å². The Morgan fingerprint density at radius 1 is 1.39 bits per heavy atom. The first-order valence-electron chi connectivity index (χ1n) is 7.69. The quantitative estimate of drug-likeness (QED) is 0.901. The molecular weight excluding hydrogens is 298 g/mol. The molecule has 0 spiro atoms. The van der Waals surface area contributed by atoms with Crippen molar-refractivity contribution in [3.8, 4) is 0 Å². The van der Waals surface area contributed by atoms with Gasteiger partial charge in [0, 0.05) is 31.8 Å². The molecule has 0 radical (unpaired) electrons. The molecule has 2 amide bonds. The number of anilines is 1. The SMILES string of the molecule is Cn1cc(N2CCC(NC(=O)c3cc(C4CC4)on3)C2=O)cn1. The van der Waals surface area contributed by atoms with E-state index >= 15 is 0 Å². The van der Waals surface area contributed by atoms with Crippen molar-refractivity contribution in [3.05, 3.63) is 29.9 Å². The molecular formula is C15H17N5O3. The van der Waals surface area contributed by atoms with E-state index < -0.39 is 6.04 Å². The summed E-state index contributed by atoms with van der Waals surface area (Å²) in [5, 5.41) is 10.6. The topological polar surface area (TPSA) is 93.3 Å². The molecule has 4 rings (SSSR count). The molecule has 8 heteroatoms. The number of hydrogen-bond donors (Lipinski definition) is 1. The number of amides is 2. The minimum atomic E-state index is -0.538. The number of hydrogen-bond acceptors (Lipinski definition) is 5. The lowest BCUT2D eigenvalue weighted by Crippen LogP contribution is -2.41. The Morgan fingerprint density at radius 3 is 2.91 bits per heavy atom. The molecule has 2 aromatic heterocycles. The van der Waals surface area contributed by atoms with E-state index in [0.717, 1.165) is 24.3 Å². The van der Waals surface area contributed by atoms with Crippen molar-refractivity contribution in [2.45, 2.75) is 31.2 Å². The van der Waals surface area contributed by atoms with Gasteiger partial charge in [-0.1, -0.05) is 5.16 Å². The third-order valence-electron chi connectivity index (χ3n) is 4.25. The fourth-order valence-corrected chi connectivity index (χ4v) is 2.81. The summed E-state index contributed by atoms with van der Waals surface area (Å²) in [6.07, 6.45) is 6.14. The van der Waals surface area contributed by atoms with E-state index in [1.54, 1.807) is 35.1 Å². The largest absolute Gasteiger partial charge is 0.360 e. The third kappa shape index (κ3) is 2.60. The van der Waals surface area contributed by atoms with Gasteiger partial charge in [0.25, 0.3) is 5.91 Å². The van der Waals surface area contributed by atoms with E-state index in [-0.39, 0.29) is 17.5 Å². The highest BCUT2D eigenvalue weighted by molar-refractivity contribution is 6.03. The van der Waals surface area contributed by atoms with E-state index in [4.69, 9.17) is 4.52 Å². The van der Waals surface area contributed by atoms with Crippen LogP contribution in [0.4, 0.5) is 5.69 Å². The first-order valence-corrected chi connectivity index (χ1v) is 7.69. The number of aromatic nitrogens is 3. The first kappa shape index (κ1) is 14.0. The minimum absolute atomic E-state index is 0.128. The molecule has 1 aliphatic heterocycles. The number of rotatable bonds is 4. The molecule has 1 unspecified atom stereocenters. The van der Waals surface area contributed by atoms with Crippen molar-refractivity contribution in [1.29, 1.82) is 0 Å². The van der Waals surface area contributed by atoms with Gasteiger partial charge in [-0.2, -0.15) is 5.10 Å². The lowest BCUT2D eigenvalue weighted by atomic mass is 10.2. The van der Waals surface area contributed by atoms with Crippen LogP contribution in [0.3, 0.4) is 0 Å². The van der Waals surface area contributed by atoms with Gasteiger partial charge < -0.3 is 14.7 Å². The Morgan fingerprint density at radius 2 is 2.22 bits per heavy atom. The number of carbonyl (C=O) groups is 2. The van der Waals surface area contributed by atoms with Crippen LogP contribution in [0.15, 0.2) is 23.0 Å². The molecule has 3 heterocycles. The van der Waals surface area contributed by atoms with Gasteiger partial charge in [-0.3, -0.25) is 14.3 Å². The monoisotopic (exact) mass is 315 g/mol. The standard InChI is InChI=1S/C15H17N5O3/c1-19-8-10(7-16-19)20-5-4-11(15(20)22)17-14(21)12-6-13(23-18-12)9-2-3-9/h6-9,11H,2-5H2,1H3,(H,17,21). The third-order valence-corrected chi connectivity index (χ3v) is 4.25. The minimum Gasteiger partial charge on any atom is -0.360 e. The summed E-state index contributed by atoms with van der Waals surface area (Å²) in [7, 11) is 1.80. The average molecular weight is 315 g/mol. The fraction of sp³-hybridized carbons (Fsp3) is 0.467. The van der Waals surface area contributed by atoms with E-state index in [2.05, 4.69) is 15.6 Å². The second kappa shape index (κ2) is 5.22. The predicted octanol–water partition coefficient (Wildman–Crippen LogP) is 0.821. The summed E-state index contributed by atoms with van der Waals surface area (Å²) in [5.41, 5.74) is 0.978. The molecule has 2 aromatic rings. The molecule has 1 atom stereocenters. The van der Waals surface area contributed by atoms with E-state index in [9.17, 15) is 9.59 Å². The van der Waals surface area contributed by atoms with Crippen molar-refractivity contribution < 1.29 is 14.1 Å². The zero-order valence-electron chi connectivity index (χ0n) is 12.7. The van der Waals surface area contributed by atoms with Gasteiger partial charge in [0.05, 0.1) is 11.9 Å². The van der Waals surface area contributed by atoms with Gasteiger partial charge in [-0.05, 0) is 19.3 Å². The molecule has 0 aromatic carbocycles. The van der Waals surface area contributed by atoms with Gasteiger partial charge in [0.2, 0.25) is 5.91 Å². The second-order valence-electron chi connectivity index (χ2n) is 6.07. The molecule has 120 valence electrons. The van der Waals surface area contributed by atoms with E-state index in [1.165, 1.54) is 0 Å². The Hall–Kier alpha value is -2.64. The molecule has 1 aliphatic carbocycles. The Kier molecular flexibility index (Phi) is 3.17. The first-order chi connectivity index (χ1) is 11.1. The maximum atomic E-state index is 12.4. The van der Waals surface area contributed by atoms with E-state index in [0.29, 0.717) is 18.9 Å². The van der Waals surface area contributed by atoms with Crippen LogP contribution in [0.2, 0.25) is 0 Å². The van der Waals surface area contributed by atoms with Crippen LogP contribution in [0.1, 0.15) is 41.4 Å². The van der Waals surface area contributed by atoms with Crippen LogP contribution in [-0.2, 0) is 11.8 Å².